The summed E-state index contributed by atoms with van der Waals surface area (Å²) in [5.41, 5.74) is 2.40. The Labute approximate surface area is 117 Å². The molecule has 0 amide bonds. The number of H-pyrrole nitrogens is 1. The molecule has 0 spiro atoms. The van der Waals surface area contributed by atoms with Crippen LogP contribution in [0.4, 0.5) is 5.82 Å². The van der Waals surface area contributed by atoms with Crippen LogP contribution < -0.4 is 4.72 Å². The van der Waals surface area contributed by atoms with E-state index in [1.807, 2.05) is 13.0 Å². The van der Waals surface area contributed by atoms with Crippen molar-refractivity contribution < 1.29 is 8.42 Å². The number of benzene rings is 1. The van der Waals surface area contributed by atoms with E-state index in [0.29, 0.717) is 11.1 Å². The Morgan fingerprint density at radius 3 is 2.55 bits per heavy atom. The number of nitriles is 1. The predicted molar refractivity (Wildman–Crippen MR) is 74.8 cm³/mol. The van der Waals surface area contributed by atoms with Crippen LogP contribution in [0, 0.1) is 32.1 Å². The van der Waals surface area contributed by atoms with Gasteiger partial charge in [0.05, 0.1) is 16.5 Å². The smallest absolute Gasteiger partial charge is 0.263 e. The number of nitrogens with one attached hydrogen (secondary N) is 2. The second kappa shape index (κ2) is 4.98. The van der Waals surface area contributed by atoms with Crippen LogP contribution >= 0.6 is 0 Å². The molecule has 1 aromatic heterocycles. The van der Waals surface area contributed by atoms with Gasteiger partial charge >= 0.3 is 0 Å². The summed E-state index contributed by atoms with van der Waals surface area (Å²) in [6.45, 7) is 5.26. The number of sulfonamides is 1. The van der Waals surface area contributed by atoms with Crippen LogP contribution in [0.1, 0.15) is 22.4 Å². The zero-order valence-corrected chi connectivity index (χ0v) is 12.2. The Morgan fingerprint density at radius 2 is 2.00 bits per heavy atom. The maximum atomic E-state index is 12.4. The molecule has 20 heavy (non-hydrogen) atoms. The van der Waals surface area contributed by atoms with Gasteiger partial charge in [-0.3, -0.25) is 9.82 Å². The van der Waals surface area contributed by atoms with Gasteiger partial charge in [-0.2, -0.15) is 10.4 Å². The van der Waals surface area contributed by atoms with E-state index < -0.39 is 10.0 Å². The first-order chi connectivity index (χ1) is 9.35. The summed E-state index contributed by atoms with van der Waals surface area (Å²) in [6, 6.07) is 6.47. The van der Waals surface area contributed by atoms with Crippen molar-refractivity contribution in [2.45, 2.75) is 25.7 Å². The first-order valence-corrected chi connectivity index (χ1v) is 7.38. The molecule has 1 heterocycles. The van der Waals surface area contributed by atoms with Gasteiger partial charge in [-0.25, -0.2) is 8.42 Å². The summed E-state index contributed by atoms with van der Waals surface area (Å²) in [6.07, 6.45) is 0. The highest BCUT2D eigenvalue weighted by molar-refractivity contribution is 7.92. The molecule has 7 heteroatoms. The number of rotatable bonds is 3. The third-order valence-electron chi connectivity index (χ3n) is 3.09. The van der Waals surface area contributed by atoms with Crippen molar-refractivity contribution in [2.24, 2.45) is 0 Å². The van der Waals surface area contributed by atoms with Crippen LogP contribution in [0.3, 0.4) is 0 Å². The number of aromatic amines is 1. The fourth-order valence-corrected chi connectivity index (χ4v) is 3.06. The molecule has 0 radical (unpaired) electrons. The molecule has 1 aromatic carbocycles. The molecule has 6 nitrogen and oxygen atoms in total. The van der Waals surface area contributed by atoms with Gasteiger partial charge < -0.3 is 0 Å². The van der Waals surface area contributed by atoms with Crippen LogP contribution in [0.5, 0.6) is 0 Å². The van der Waals surface area contributed by atoms with Gasteiger partial charge in [0.15, 0.2) is 5.82 Å². The van der Waals surface area contributed by atoms with Crippen molar-refractivity contribution in [1.29, 1.82) is 5.26 Å². The predicted octanol–water partition coefficient (Wildman–Crippen LogP) is 2.01. The number of hydrogen-bond donors (Lipinski definition) is 2. The molecule has 0 atom stereocenters. The van der Waals surface area contributed by atoms with Crippen LogP contribution in [0.2, 0.25) is 0 Å². The van der Waals surface area contributed by atoms with Crippen molar-refractivity contribution >= 4 is 15.8 Å². The molecule has 0 saturated carbocycles. The number of aromatic nitrogens is 2. The maximum absolute atomic E-state index is 12.4. The lowest BCUT2D eigenvalue weighted by Crippen LogP contribution is -2.15. The number of anilines is 1. The minimum absolute atomic E-state index is 0.0802. The van der Waals surface area contributed by atoms with E-state index in [-0.39, 0.29) is 10.7 Å². The van der Waals surface area contributed by atoms with Gasteiger partial charge in [-0.1, -0.05) is 6.07 Å². The molecule has 104 valence electrons. The topological polar surface area (TPSA) is 98.6 Å². The lowest BCUT2D eigenvalue weighted by Gasteiger charge is -2.09. The fourth-order valence-electron chi connectivity index (χ4n) is 1.73. The van der Waals surface area contributed by atoms with Gasteiger partial charge in [0.1, 0.15) is 0 Å². The summed E-state index contributed by atoms with van der Waals surface area (Å²) in [5.74, 6) is 0.268. The maximum Gasteiger partial charge on any atom is 0.263 e. The number of hydrogen-bond acceptors (Lipinski definition) is 4. The number of nitrogens with zero attached hydrogens (tertiary/aromatic N) is 2. The van der Waals surface area contributed by atoms with Gasteiger partial charge in [-0.05, 0) is 38.5 Å². The molecule has 0 saturated heterocycles. The Morgan fingerprint density at radius 1 is 1.30 bits per heavy atom. The van der Waals surface area contributed by atoms with Crippen molar-refractivity contribution in [2.75, 3.05) is 4.72 Å². The van der Waals surface area contributed by atoms with Crippen LogP contribution in [0.15, 0.2) is 23.1 Å². The minimum atomic E-state index is -3.77. The lowest BCUT2D eigenvalue weighted by molar-refractivity contribution is 0.600. The van der Waals surface area contributed by atoms with Crippen LogP contribution in [0.25, 0.3) is 0 Å². The quantitative estimate of drug-likeness (QED) is 0.903. The Bertz CT molecular complexity index is 800. The summed E-state index contributed by atoms with van der Waals surface area (Å²) in [5, 5.41) is 15.5. The van der Waals surface area contributed by atoms with E-state index in [9.17, 15) is 8.42 Å². The molecule has 0 unspecified atom stereocenters. The Kier molecular flexibility index (Phi) is 3.51. The molecule has 0 fully saturated rings. The molecular formula is C13H14N4O2S. The van der Waals surface area contributed by atoms with Crippen LogP contribution in [-0.2, 0) is 10.0 Å². The summed E-state index contributed by atoms with van der Waals surface area (Å²) in [4.78, 5) is 0.0802. The molecule has 0 aliphatic rings. The zero-order valence-electron chi connectivity index (χ0n) is 11.4. The molecular weight excluding hydrogens is 276 g/mol. The fraction of sp³-hybridized carbons (Fsp3) is 0.231. The highest BCUT2D eigenvalue weighted by atomic mass is 32.2. The highest BCUT2D eigenvalue weighted by Gasteiger charge is 2.20. The second-order valence-corrected chi connectivity index (χ2v) is 6.17. The van der Waals surface area contributed by atoms with Crippen molar-refractivity contribution in [3.63, 3.8) is 0 Å². The average molecular weight is 290 g/mol. The standard InChI is InChI=1S/C13H14N4O2S/c1-8-4-5-11(7-14)6-12(8)20(18,19)17-13-9(2)10(3)15-16-13/h4-6H,1-3H3,(H2,15,16,17). The van der Waals surface area contributed by atoms with E-state index in [4.69, 9.17) is 5.26 Å². The first kappa shape index (κ1) is 14.1. The third-order valence-corrected chi connectivity index (χ3v) is 4.57. The lowest BCUT2D eigenvalue weighted by atomic mass is 10.2. The normalized spacial score (nSPS) is 11.1. The molecule has 2 aromatic rings. The Balaban J connectivity index is 2.46. The third kappa shape index (κ3) is 2.51. The number of aryl methyl sites for hydroxylation is 2. The second-order valence-electron chi connectivity index (χ2n) is 4.52. The first-order valence-electron chi connectivity index (χ1n) is 5.90. The van der Waals surface area contributed by atoms with Crippen molar-refractivity contribution in [3.05, 3.63) is 40.6 Å². The SMILES string of the molecule is Cc1ccc(C#N)cc1S(=O)(=O)Nc1n[nH]c(C)c1C. The summed E-state index contributed by atoms with van der Waals surface area (Å²) in [7, 11) is -3.77. The Hall–Kier alpha value is -2.33. The average Bonchev–Trinajstić information content (AvgIpc) is 2.70. The van der Waals surface area contributed by atoms with Gasteiger partial charge in [0, 0.05) is 11.3 Å². The summed E-state index contributed by atoms with van der Waals surface area (Å²) >= 11 is 0. The molecule has 2 N–H and O–H groups in total. The van der Waals surface area contributed by atoms with Gasteiger partial charge in [0.2, 0.25) is 0 Å². The van der Waals surface area contributed by atoms with Gasteiger partial charge in [0.25, 0.3) is 10.0 Å². The largest absolute Gasteiger partial charge is 0.280 e. The van der Waals surface area contributed by atoms with E-state index >= 15 is 0 Å². The van der Waals surface area contributed by atoms with Crippen molar-refractivity contribution in [3.8, 4) is 6.07 Å². The molecule has 0 aliphatic heterocycles. The van der Waals surface area contributed by atoms with E-state index in [1.165, 1.54) is 6.07 Å². The highest BCUT2D eigenvalue weighted by Crippen LogP contribution is 2.22. The van der Waals surface area contributed by atoms with E-state index in [1.54, 1.807) is 26.0 Å². The van der Waals surface area contributed by atoms with E-state index in [0.717, 1.165) is 11.3 Å². The van der Waals surface area contributed by atoms with Crippen molar-refractivity contribution in [1.82, 2.24) is 10.2 Å². The molecule has 0 aliphatic carbocycles. The molecule has 2 rings (SSSR count). The minimum Gasteiger partial charge on any atom is -0.280 e. The zero-order chi connectivity index (χ0) is 14.9. The molecule has 0 bridgehead atoms. The monoisotopic (exact) mass is 290 g/mol. The summed E-state index contributed by atoms with van der Waals surface area (Å²) < 4.78 is 27.2. The van der Waals surface area contributed by atoms with E-state index in [2.05, 4.69) is 14.9 Å². The van der Waals surface area contributed by atoms with Gasteiger partial charge in [-0.15, -0.1) is 0 Å². The van der Waals surface area contributed by atoms with Crippen LogP contribution in [-0.4, -0.2) is 18.6 Å².